The zero-order valence-electron chi connectivity index (χ0n) is 26.7. The second-order valence-electron chi connectivity index (χ2n) is 15.5. The Kier molecular flexibility index (Phi) is 10.7. The van der Waals surface area contributed by atoms with Crippen molar-refractivity contribution in [1.82, 2.24) is 0 Å². The predicted octanol–water partition coefficient (Wildman–Crippen LogP) is 10.2. The summed E-state index contributed by atoms with van der Waals surface area (Å²) in [7, 11) is -5.10. The summed E-state index contributed by atoms with van der Waals surface area (Å²) < 4.78 is 96.4. The molecule has 2 aliphatic rings. The molecule has 2 aliphatic carbocycles. The van der Waals surface area contributed by atoms with Crippen LogP contribution in [0.1, 0.15) is 85.5 Å². The van der Waals surface area contributed by atoms with Crippen molar-refractivity contribution in [2.45, 2.75) is 148 Å². The summed E-state index contributed by atoms with van der Waals surface area (Å²) in [6, 6.07) is 0. The molecule has 0 N–H and O–H groups in total. The summed E-state index contributed by atoms with van der Waals surface area (Å²) in [4.78, 5) is 12.8. The van der Waals surface area contributed by atoms with E-state index in [1.807, 2.05) is 20.8 Å². The van der Waals surface area contributed by atoms with Crippen LogP contribution in [-0.4, -0.2) is 46.0 Å². The molecule has 0 amide bonds. The molecule has 0 aliphatic heterocycles. The molecule has 2 fully saturated rings. The number of Topliss-reactive ketones (excluding diaryl/α,β-unsaturated/α-hetero) is 1. The number of hydrogen-bond donors (Lipinski definition) is 0. The molecule has 0 bridgehead atoms. The van der Waals surface area contributed by atoms with Gasteiger partial charge in [-0.2, -0.15) is 26.3 Å². The number of hydrogen-bond acceptors (Lipinski definition) is 3. The lowest BCUT2D eigenvalue weighted by atomic mass is 9.56. The fourth-order valence-corrected chi connectivity index (χ4v) is 10.8. The zero-order chi connectivity index (χ0) is 31.9. The van der Waals surface area contributed by atoms with Gasteiger partial charge in [-0.25, -0.2) is 0 Å². The first-order valence-electron chi connectivity index (χ1n) is 14.9. The zero-order valence-corrected chi connectivity index (χ0v) is 28.7. The van der Waals surface area contributed by atoms with Gasteiger partial charge in [-0.3, -0.25) is 4.79 Å². The van der Waals surface area contributed by atoms with Crippen LogP contribution in [0.2, 0.25) is 39.3 Å². The van der Waals surface area contributed by atoms with Crippen LogP contribution in [0.5, 0.6) is 0 Å². The van der Waals surface area contributed by atoms with Gasteiger partial charge in [0.25, 0.3) is 5.60 Å². The van der Waals surface area contributed by atoms with Crippen LogP contribution in [0, 0.1) is 22.7 Å². The van der Waals surface area contributed by atoms with Crippen LogP contribution in [0.4, 0.5) is 26.3 Å². The Labute approximate surface area is 245 Å². The van der Waals surface area contributed by atoms with Crippen molar-refractivity contribution < 1.29 is 40.0 Å². The number of alkyl halides is 6. The van der Waals surface area contributed by atoms with E-state index < -0.39 is 45.6 Å². The minimum atomic E-state index is -5.67. The normalized spacial score (nSPS) is 26.9. The highest BCUT2D eigenvalue weighted by molar-refractivity contribution is 6.70. The van der Waals surface area contributed by atoms with Crippen LogP contribution in [0.25, 0.3) is 0 Å². The topological polar surface area (TPSA) is 35.5 Å². The van der Waals surface area contributed by atoms with E-state index in [0.29, 0.717) is 19.3 Å². The Morgan fingerprint density at radius 2 is 1.41 bits per heavy atom. The summed E-state index contributed by atoms with van der Waals surface area (Å²) in [5.74, 6) is 0.135. The predicted molar refractivity (Wildman–Crippen MR) is 157 cm³/mol. The van der Waals surface area contributed by atoms with E-state index in [1.54, 1.807) is 0 Å². The largest absolute Gasteiger partial charge is 0.429 e. The van der Waals surface area contributed by atoms with Gasteiger partial charge >= 0.3 is 12.4 Å². The molecule has 0 aromatic heterocycles. The molecule has 0 radical (unpaired) electrons. The summed E-state index contributed by atoms with van der Waals surface area (Å²) in [6.07, 6.45) is -4.38. The molecule has 4 unspecified atom stereocenters. The number of fused-ring (bicyclic) bond motifs is 1. The first-order chi connectivity index (χ1) is 18.2. The number of ketones is 1. The van der Waals surface area contributed by atoms with E-state index in [9.17, 15) is 31.1 Å². The maximum atomic E-state index is 14.2. The summed E-state index contributed by atoms with van der Waals surface area (Å²) in [5.41, 5.74) is -5.67. The molecule has 2 rings (SSSR count). The van der Waals surface area contributed by atoms with E-state index in [4.69, 9.17) is 8.85 Å². The van der Waals surface area contributed by atoms with Gasteiger partial charge < -0.3 is 8.85 Å². The molecular weight excluding hydrogens is 578 g/mol. The third-order valence-corrected chi connectivity index (χ3v) is 11.2. The van der Waals surface area contributed by atoms with Crippen molar-refractivity contribution in [3.05, 3.63) is 12.2 Å². The highest BCUT2D eigenvalue weighted by Gasteiger charge is 2.71. The van der Waals surface area contributed by atoms with E-state index in [1.165, 1.54) is 19.6 Å². The SMILES string of the molecule is CC(C)(CCCC(C)(C/C=C\C(O[Si](C)(C)C)(C(F)(F)F)C(F)(F)F)C1CCC2C(=O)CCCC21C)O[Si](C)(C)C. The molecule has 3 nitrogen and oxygen atoms in total. The van der Waals surface area contributed by atoms with Gasteiger partial charge in [0.1, 0.15) is 5.78 Å². The fourth-order valence-electron chi connectivity index (χ4n) is 7.77. The van der Waals surface area contributed by atoms with Crippen molar-refractivity contribution in [3.63, 3.8) is 0 Å². The molecular formula is C30H52F6O3Si2. The lowest BCUT2D eigenvalue weighted by molar-refractivity contribution is -0.340. The number of rotatable bonds is 12. The monoisotopic (exact) mass is 630 g/mol. The average molecular weight is 631 g/mol. The second kappa shape index (κ2) is 12.0. The molecule has 4 atom stereocenters. The molecule has 240 valence electrons. The van der Waals surface area contributed by atoms with Crippen molar-refractivity contribution in [3.8, 4) is 0 Å². The first-order valence-corrected chi connectivity index (χ1v) is 21.7. The second-order valence-corrected chi connectivity index (χ2v) is 24.4. The Morgan fingerprint density at radius 1 is 0.878 bits per heavy atom. The van der Waals surface area contributed by atoms with Gasteiger partial charge in [-0.1, -0.05) is 26.3 Å². The molecule has 0 spiro atoms. The van der Waals surface area contributed by atoms with Gasteiger partial charge in [0, 0.05) is 12.3 Å². The van der Waals surface area contributed by atoms with Gasteiger partial charge in [0.05, 0.1) is 5.60 Å². The lowest BCUT2D eigenvalue weighted by Crippen LogP contribution is -2.61. The number of halogens is 6. The van der Waals surface area contributed by atoms with Crippen molar-refractivity contribution in [2.75, 3.05) is 0 Å². The molecule has 0 heterocycles. The fraction of sp³-hybridized carbons (Fsp3) is 0.900. The van der Waals surface area contributed by atoms with Crippen LogP contribution < -0.4 is 0 Å². The third-order valence-electron chi connectivity index (χ3n) is 9.06. The lowest BCUT2D eigenvalue weighted by Gasteiger charge is -2.48. The number of carbonyl (C=O) groups excluding carboxylic acids is 1. The minimum Gasteiger partial charge on any atom is -0.413 e. The van der Waals surface area contributed by atoms with E-state index in [0.717, 1.165) is 38.2 Å². The number of carbonyl (C=O) groups is 1. The van der Waals surface area contributed by atoms with Crippen molar-refractivity contribution in [1.29, 1.82) is 0 Å². The van der Waals surface area contributed by atoms with Crippen LogP contribution in [-0.2, 0) is 13.6 Å². The molecule has 11 heteroatoms. The summed E-state index contributed by atoms with van der Waals surface area (Å²) >= 11 is 0. The maximum Gasteiger partial charge on any atom is 0.429 e. The Morgan fingerprint density at radius 3 is 1.90 bits per heavy atom. The van der Waals surface area contributed by atoms with E-state index in [-0.39, 0.29) is 35.5 Å². The summed E-state index contributed by atoms with van der Waals surface area (Å²) in [6.45, 7) is 18.5. The van der Waals surface area contributed by atoms with E-state index in [2.05, 4.69) is 26.6 Å². The van der Waals surface area contributed by atoms with Crippen molar-refractivity contribution in [2.24, 2.45) is 22.7 Å². The number of allylic oxidation sites excluding steroid dienone is 1. The van der Waals surface area contributed by atoms with Crippen molar-refractivity contribution >= 4 is 22.4 Å². The molecule has 0 saturated heterocycles. The first kappa shape index (κ1) is 36.5. The van der Waals surface area contributed by atoms with Gasteiger partial charge in [-0.15, -0.1) is 0 Å². The molecule has 41 heavy (non-hydrogen) atoms. The van der Waals surface area contributed by atoms with Gasteiger partial charge in [-0.05, 0) is 121 Å². The Balaban J connectivity index is 2.48. The highest BCUT2D eigenvalue weighted by Crippen LogP contribution is 2.62. The minimum absolute atomic E-state index is 0.000922. The third kappa shape index (κ3) is 8.72. The smallest absolute Gasteiger partial charge is 0.413 e. The van der Waals surface area contributed by atoms with E-state index >= 15 is 0 Å². The van der Waals surface area contributed by atoms with Crippen LogP contribution in [0.15, 0.2) is 12.2 Å². The summed E-state index contributed by atoms with van der Waals surface area (Å²) in [5, 5.41) is 0. The Hall–Kier alpha value is -0.656. The highest BCUT2D eigenvalue weighted by atomic mass is 28.4. The molecule has 0 aromatic rings. The standard InChI is InChI=1S/C30H52F6O3Si2/c1-25(2,38-40(5,6)7)17-12-18-26(3,24-16-15-22-23(37)14-11-20-27(22,24)4)19-13-21-28(29(31,32)33,30(34,35)36)39-41(8,9)10/h13,21-22,24H,11-12,14-20H2,1-10H3/b21-13-. The van der Waals surface area contributed by atoms with Crippen LogP contribution in [0.3, 0.4) is 0 Å². The van der Waals surface area contributed by atoms with Gasteiger partial charge in [0.2, 0.25) is 0 Å². The van der Waals surface area contributed by atoms with Gasteiger partial charge in [0.15, 0.2) is 16.6 Å². The Bertz CT molecular complexity index is 934. The van der Waals surface area contributed by atoms with Crippen LogP contribution >= 0.6 is 0 Å². The average Bonchev–Trinajstić information content (AvgIpc) is 3.07. The molecule has 0 aromatic carbocycles. The quantitative estimate of drug-likeness (QED) is 0.122. The maximum absolute atomic E-state index is 14.2. The molecule has 2 saturated carbocycles.